The van der Waals surface area contributed by atoms with Gasteiger partial charge < -0.3 is 11.1 Å². The minimum absolute atomic E-state index is 0. The Labute approximate surface area is 134 Å². The third-order valence-electron chi connectivity index (χ3n) is 4.40. The van der Waals surface area contributed by atoms with Gasteiger partial charge in [0.15, 0.2) is 0 Å². The van der Waals surface area contributed by atoms with Crippen molar-refractivity contribution in [1.82, 2.24) is 5.32 Å². The highest BCUT2D eigenvalue weighted by Crippen LogP contribution is 2.28. The number of hydrogen-bond donors (Lipinski definition) is 2. The summed E-state index contributed by atoms with van der Waals surface area (Å²) in [7, 11) is 0. The zero-order valence-corrected chi connectivity index (χ0v) is 14.0. The topological polar surface area (TPSA) is 55.1 Å². The van der Waals surface area contributed by atoms with Gasteiger partial charge in [0.25, 0.3) is 0 Å². The maximum atomic E-state index is 12.3. The number of amides is 1. The van der Waals surface area contributed by atoms with Crippen LogP contribution in [0.3, 0.4) is 0 Å². The monoisotopic (exact) mass is 310 g/mol. The Morgan fingerprint density at radius 3 is 2.05 bits per heavy atom. The quantitative estimate of drug-likeness (QED) is 0.891. The van der Waals surface area contributed by atoms with Crippen LogP contribution in [-0.2, 0) is 4.79 Å². The number of nitrogens with one attached hydrogen (secondary N) is 1. The predicted octanol–water partition coefficient (Wildman–Crippen LogP) is 3.68. The van der Waals surface area contributed by atoms with E-state index in [1.807, 2.05) is 6.92 Å². The van der Waals surface area contributed by atoms with E-state index in [1.165, 1.54) is 5.56 Å². The van der Waals surface area contributed by atoms with Gasteiger partial charge in [0, 0.05) is 0 Å². The molecule has 1 aliphatic carbocycles. The molecule has 1 aromatic rings. The fourth-order valence-electron chi connectivity index (χ4n) is 2.83. The van der Waals surface area contributed by atoms with Gasteiger partial charge in [0.2, 0.25) is 5.91 Å². The third kappa shape index (κ3) is 4.21. The lowest BCUT2D eigenvalue weighted by Gasteiger charge is -2.25. The van der Waals surface area contributed by atoms with E-state index in [4.69, 9.17) is 5.73 Å². The first kappa shape index (κ1) is 18.0. The zero-order valence-electron chi connectivity index (χ0n) is 13.2. The lowest BCUT2D eigenvalue weighted by molar-refractivity contribution is -0.126. The van der Waals surface area contributed by atoms with Gasteiger partial charge in [-0.25, -0.2) is 0 Å². The van der Waals surface area contributed by atoms with E-state index in [2.05, 4.69) is 43.4 Å². The average molecular weight is 311 g/mol. The fraction of sp³-hybridized carbons (Fsp3) is 0.588. The van der Waals surface area contributed by atoms with Gasteiger partial charge in [-0.2, -0.15) is 0 Å². The fourth-order valence-corrected chi connectivity index (χ4v) is 2.83. The van der Waals surface area contributed by atoms with Crippen LogP contribution in [0.4, 0.5) is 0 Å². The van der Waals surface area contributed by atoms with Gasteiger partial charge in [-0.1, -0.05) is 51.0 Å². The lowest BCUT2D eigenvalue weighted by atomic mass is 9.96. The van der Waals surface area contributed by atoms with Crippen LogP contribution in [0.25, 0.3) is 0 Å². The van der Waals surface area contributed by atoms with E-state index < -0.39 is 5.54 Å². The first-order valence-corrected chi connectivity index (χ1v) is 7.62. The Morgan fingerprint density at radius 1 is 1.10 bits per heavy atom. The molecule has 1 unspecified atom stereocenters. The Morgan fingerprint density at radius 2 is 1.57 bits per heavy atom. The molecular formula is C17H27ClN2O. The molecule has 1 aliphatic rings. The molecule has 1 atom stereocenters. The molecule has 21 heavy (non-hydrogen) atoms. The van der Waals surface area contributed by atoms with E-state index in [9.17, 15) is 4.79 Å². The molecule has 1 saturated carbocycles. The maximum absolute atomic E-state index is 12.3. The minimum atomic E-state index is -0.647. The van der Waals surface area contributed by atoms with Crippen molar-refractivity contribution in [1.29, 1.82) is 0 Å². The Kier molecular flexibility index (Phi) is 6.24. The second-order valence-corrected chi connectivity index (χ2v) is 6.38. The normalized spacial score (nSPS) is 18.1. The molecule has 3 nitrogen and oxygen atoms in total. The Balaban J connectivity index is 0.00000220. The van der Waals surface area contributed by atoms with Gasteiger partial charge in [0.1, 0.15) is 0 Å². The number of hydrogen-bond acceptors (Lipinski definition) is 2. The van der Waals surface area contributed by atoms with Gasteiger partial charge in [-0.3, -0.25) is 4.79 Å². The van der Waals surface area contributed by atoms with E-state index in [0.29, 0.717) is 5.92 Å². The number of carbonyl (C=O) groups excluding carboxylic acids is 1. The molecule has 0 bridgehead atoms. The average Bonchev–Trinajstić information content (AvgIpc) is 2.87. The molecule has 0 spiro atoms. The molecular weight excluding hydrogens is 284 g/mol. The summed E-state index contributed by atoms with van der Waals surface area (Å²) in [5.41, 5.74) is 7.98. The lowest BCUT2D eigenvalue weighted by Crippen LogP contribution is -2.52. The highest BCUT2D eigenvalue weighted by atomic mass is 35.5. The van der Waals surface area contributed by atoms with Gasteiger partial charge in [0.05, 0.1) is 11.6 Å². The predicted molar refractivity (Wildman–Crippen MR) is 89.7 cm³/mol. The Bertz CT molecular complexity index is 464. The molecule has 0 aliphatic heterocycles. The molecule has 0 aromatic heterocycles. The summed E-state index contributed by atoms with van der Waals surface area (Å²) in [5.74, 6) is 0.523. The van der Waals surface area contributed by atoms with E-state index in [1.54, 1.807) is 0 Å². The van der Waals surface area contributed by atoms with Crippen LogP contribution in [0, 0.1) is 0 Å². The minimum Gasteiger partial charge on any atom is -0.348 e. The Hall–Kier alpha value is -1.06. The van der Waals surface area contributed by atoms with Gasteiger partial charge in [-0.05, 0) is 36.8 Å². The molecule has 1 aromatic carbocycles. The molecule has 4 heteroatoms. The largest absolute Gasteiger partial charge is 0.348 e. The summed E-state index contributed by atoms with van der Waals surface area (Å²) in [5, 5.41) is 3.06. The van der Waals surface area contributed by atoms with E-state index in [0.717, 1.165) is 31.2 Å². The van der Waals surface area contributed by atoms with Crippen molar-refractivity contribution < 1.29 is 4.79 Å². The van der Waals surface area contributed by atoms with Crippen molar-refractivity contribution in [2.24, 2.45) is 5.73 Å². The summed E-state index contributed by atoms with van der Waals surface area (Å²) in [4.78, 5) is 12.3. The van der Waals surface area contributed by atoms with Crippen LogP contribution in [-0.4, -0.2) is 11.4 Å². The number of rotatable bonds is 4. The van der Waals surface area contributed by atoms with E-state index in [-0.39, 0.29) is 24.4 Å². The van der Waals surface area contributed by atoms with Crippen LogP contribution in [0.5, 0.6) is 0 Å². The number of benzene rings is 1. The van der Waals surface area contributed by atoms with Crippen LogP contribution < -0.4 is 11.1 Å². The first-order chi connectivity index (χ1) is 9.42. The van der Waals surface area contributed by atoms with Crippen molar-refractivity contribution in [3.05, 3.63) is 35.4 Å². The number of carbonyl (C=O) groups is 1. The molecule has 1 fully saturated rings. The smallest absolute Gasteiger partial charge is 0.240 e. The van der Waals surface area contributed by atoms with Crippen LogP contribution >= 0.6 is 12.4 Å². The SMILES string of the molecule is CC(C)c1ccc(C(C)NC(=O)C2(N)CCCC2)cc1.Cl. The number of halogens is 1. The first-order valence-electron chi connectivity index (χ1n) is 7.62. The molecule has 0 heterocycles. The molecule has 3 N–H and O–H groups in total. The van der Waals surface area contributed by atoms with Gasteiger partial charge in [-0.15, -0.1) is 12.4 Å². The molecule has 1 amide bonds. The van der Waals surface area contributed by atoms with Crippen molar-refractivity contribution in [3.8, 4) is 0 Å². The maximum Gasteiger partial charge on any atom is 0.240 e. The van der Waals surface area contributed by atoms with Crippen molar-refractivity contribution in [2.45, 2.75) is 64.0 Å². The van der Waals surface area contributed by atoms with Crippen molar-refractivity contribution >= 4 is 18.3 Å². The number of nitrogens with two attached hydrogens (primary N) is 1. The van der Waals surface area contributed by atoms with Crippen molar-refractivity contribution in [3.63, 3.8) is 0 Å². The zero-order chi connectivity index (χ0) is 14.8. The highest BCUT2D eigenvalue weighted by Gasteiger charge is 2.37. The molecule has 118 valence electrons. The van der Waals surface area contributed by atoms with Crippen molar-refractivity contribution in [2.75, 3.05) is 0 Å². The summed E-state index contributed by atoms with van der Waals surface area (Å²) < 4.78 is 0. The van der Waals surface area contributed by atoms with Crippen LogP contribution in [0.1, 0.15) is 69.5 Å². The molecule has 0 saturated heterocycles. The molecule has 2 rings (SSSR count). The second kappa shape index (κ2) is 7.28. The highest BCUT2D eigenvalue weighted by molar-refractivity contribution is 5.86. The molecule has 0 radical (unpaired) electrons. The summed E-state index contributed by atoms with van der Waals surface area (Å²) in [6.45, 7) is 6.37. The second-order valence-electron chi connectivity index (χ2n) is 6.38. The summed E-state index contributed by atoms with van der Waals surface area (Å²) in [6.07, 6.45) is 3.72. The van der Waals surface area contributed by atoms with E-state index >= 15 is 0 Å². The van der Waals surface area contributed by atoms with Crippen LogP contribution in [0.15, 0.2) is 24.3 Å². The van der Waals surface area contributed by atoms with Gasteiger partial charge >= 0.3 is 0 Å². The standard InChI is InChI=1S/C17H26N2O.ClH/c1-12(2)14-6-8-15(9-7-14)13(3)19-16(20)17(18)10-4-5-11-17;/h6-9,12-13H,4-5,10-11,18H2,1-3H3,(H,19,20);1H. The summed E-state index contributed by atoms with van der Waals surface area (Å²) in [6, 6.07) is 8.47. The van der Waals surface area contributed by atoms with Crippen LogP contribution in [0.2, 0.25) is 0 Å². The summed E-state index contributed by atoms with van der Waals surface area (Å²) >= 11 is 0. The third-order valence-corrected chi connectivity index (χ3v) is 4.40.